The molecular weight excluding hydrogens is 381 g/mol. The Hall–Kier alpha value is -2.78. The highest BCUT2D eigenvalue weighted by atomic mass is 32.2. The number of sulfonamides is 1. The van der Waals surface area contributed by atoms with Gasteiger partial charge in [-0.05, 0) is 17.2 Å². The maximum atomic E-state index is 14.6. The van der Waals surface area contributed by atoms with Gasteiger partial charge < -0.3 is 5.73 Å². The average Bonchev–Trinajstić information content (AvgIpc) is 3.01. The molecule has 2 aromatic carbocycles. The van der Waals surface area contributed by atoms with E-state index in [4.69, 9.17) is 5.73 Å². The first kappa shape index (κ1) is 20.0. The number of nitrogens with zero attached hydrogens (tertiary/aromatic N) is 3. The molecule has 0 spiro atoms. The van der Waals surface area contributed by atoms with Gasteiger partial charge in [-0.15, -0.1) is 0 Å². The lowest BCUT2D eigenvalue weighted by atomic mass is 9.96. The smallest absolute Gasteiger partial charge is 0.218 e. The van der Waals surface area contributed by atoms with Crippen LogP contribution in [0.25, 0.3) is 11.1 Å². The molecule has 1 unspecified atom stereocenters. The van der Waals surface area contributed by atoms with Crippen LogP contribution in [-0.2, 0) is 16.6 Å². The second-order valence-corrected chi connectivity index (χ2v) is 8.38. The molecule has 7 nitrogen and oxygen atoms in total. The van der Waals surface area contributed by atoms with Crippen LogP contribution in [0.4, 0.5) is 10.3 Å². The van der Waals surface area contributed by atoms with Crippen molar-refractivity contribution in [1.29, 1.82) is 0 Å². The van der Waals surface area contributed by atoms with Crippen LogP contribution in [0.2, 0.25) is 0 Å². The van der Waals surface area contributed by atoms with Crippen molar-refractivity contribution in [3.05, 3.63) is 65.7 Å². The highest BCUT2D eigenvalue weighted by Crippen LogP contribution is 2.28. The molecule has 9 heteroatoms. The van der Waals surface area contributed by atoms with E-state index in [1.54, 1.807) is 6.07 Å². The molecule has 1 aromatic heterocycles. The SMILES string of the molecule is CC(c1ccc(-c2ccccc2)c(F)c1)c1nc(N)n(CCNS(C)(=O)=O)n1. The maximum Gasteiger partial charge on any atom is 0.218 e. The summed E-state index contributed by atoms with van der Waals surface area (Å²) in [5.74, 6) is 0.0355. The molecule has 3 aromatic rings. The van der Waals surface area contributed by atoms with Gasteiger partial charge in [-0.2, -0.15) is 10.1 Å². The standard InChI is InChI=1S/C19H22FN5O2S/c1-13(18-23-19(21)25(24-18)11-10-22-28(2,26)27)15-8-9-16(17(20)12-15)14-6-4-3-5-7-14/h3-9,12-13,22H,10-11H2,1-2H3,(H2,21,23,24). The van der Waals surface area contributed by atoms with Crippen LogP contribution in [-0.4, -0.2) is 36.0 Å². The summed E-state index contributed by atoms with van der Waals surface area (Å²) in [4.78, 5) is 4.24. The highest BCUT2D eigenvalue weighted by Gasteiger charge is 2.18. The third-order valence-electron chi connectivity index (χ3n) is 4.37. The van der Waals surface area contributed by atoms with E-state index >= 15 is 0 Å². The van der Waals surface area contributed by atoms with E-state index in [-0.39, 0.29) is 30.8 Å². The van der Waals surface area contributed by atoms with E-state index in [0.29, 0.717) is 11.4 Å². The van der Waals surface area contributed by atoms with Gasteiger partial charge in [-0.3, -0.25) is 0 Å². The zero-order valence-electron chi connectivity index (χ0n) is 15.6. The van der Waals surface area contributed by atoms with Gasteiger partial charge in [0.25, 0.3) is 0 Å². The van der Waals surface area contributed by atoms with Crippen LogP contribution in [0, 0.1) is 5.82 Å². The molecule has 0 radical (unpaired) electrons. The number of rotatable bonds is 7. The Morgan fingerprint density at radius 1 is 1.21 bits per heavy atom. The molecule has 0 saturated carbocycles. The minimum absolute atomic E-state index is 0.153. The fourth-order valence-electron chi connectivity index (χ4n) is 2.86. The molecule has 28 heavy (non-hydrogen) atoms. The molecule has 3 rings (SSSR count). The van der Waals surface area contributed by atoms with E-state index in [9.17, 15) is 12.8 Å². The summed E-state index contributed by atoms with van der Waals surface area (Å²) in [6.45, 7) is 2.27. The normalized spacial score (nSPS) is 12.8. The van der Waals surface area contributed by atoms with Gasteiger partial charge in [0.2, 0.25) is 16.0 Å². The molecule has 1 heterocycles. The number of benzene rings is 2. The zero-order chi connectivity index (χ0) is 20.3. The number of aromatic nitrogens is 3. The minimum Gasteiger partial charge on any atom is -0.368 e. The molecule has 0 bridgehead atoms. The Bertz CT molecular complexity index is 1070. The topological polar surface area (TPSA) is 103 Å². The van der Waals surface area contributed by atoms with E-state index in [1.165, 1.54) is 10.7 Å². The van der Waals surface area contributed by atoms with Crippen molar-refractivity contribution in [3.63, 3.8) is 0 Å². The first-order valence-corrected chi connectivity index (χ1v) is 10.6. The van der Waals surface area contributed by atoms with Crippen molar-refractivity contribution in [2.24, 2.45) is 0 Å². The monoisotopic (exact) mass is 403 g/mol. The van der Waals surface area contributed by atoms with Crippen molar-refractivity contribution < 1.29 is 12.8 Å². The molecule has 0 amide bonds. The summed E-state index contributed by atoms with van der Waals surface area (Å²) in [6.07, 6.45) is 1.08. The molecule has 0 saturated heterocycles. The van der Waals surface area contributed by atoms with Crippen LogP contribution in [0.5, 0.6) is 0 Å². The molecule has 1 atom stereocenters. The van der Waals surface area contributed by atoms with Crippen LogP contribution in [0.3, 0.4) is 0 Å². The Balaban J connectivity index is 1.78. The summed E-state index contributed by atoms with van der Waals surface area (Å²) in [6, 6.07) is 14.4. The van der Waals surface area contributed by atoms with Crippen molar-refractivity contribution >= 4 is 16.0 Å². The Morgan fingerprint density at radius 2 is 1.93 bits per heavy atom. The van der Waals surface area contributed by atoms with Gasteiger partial charge in [0.1, 0.15) is 5.82 Å². The zero-order valence-corrected chi connectivity index (χ0v) is 16.4. The second-order valence-electron chi connectivity index (χ2n) is 6.54. The minimum atomic E-state index is -3.29. The lowest BCUT2D eigenvalue weighted by Gasteiger charge is -2.11. The number of hydrogen-bond acceptors (Lipinski definition) is 5. The lowest BCUT2D eigenvalue weighted by Crippen LogP contribution is -2.26. The van der Waals surface area contributed by atoms with Crippen LogP contribution >= 0.6 is 0 Å². The second kappa shape index (κ2) is 8.07. The number of nitrogen functional groups attached to an aromatic ring is 1. The molecule has 0 aliphatic heterocycles. The Kier molecular flexibility index (Phi) is 5.76. The first-order valence-electron chi connectivity index (χ1n) is 8.74. The number of halogens is 1. The third kappa shape index (κ3) is 4.73. The molecule has 0 fully saturated rings. The van der Waals surface area contributed by atoms with Crippen molar-refractivity contribution in [3.8, 4) is 11.1 Å². The molecular formula is C19H22FN5O2S. The fraction of sp³-hybridized carbons (Fsp3) is 0.263. The number of hydrogen-bond donors (Lipinski definition) is 2. The Morgan fingerprint density at radius 3 is 2.57 bits per heavy atom. The van der Waals surface area contributed by atoms with Gasteiger partial charge in [-0.25, -0.2) is 22.2 Å². The van der Waals surface area contributed by atoms with E-state index in [0.717, 1.165) is 17.4 Å². The summed E-state index contributed by atoms with van der Waals surface area (Å²) >= 11 is 0. The van der Waals surface area contributed by atoms with Crippen LogP contribution in [0.15, 0.2) is 48.5 Å². The van der Waals surface area contributed by atoms with Crippen LogP contribution < -0.4 is 10.5 Å². The van der Waals surface area contributed by atoms with Gasteiger partial charge in [0.05, 0.1) is 12.8 Å². The largest absolute Gasteiger partial charge is 0.368 e. The Labute approximate surface area is 163 Å². The van der Waals surface area contributed by atoms with E-state index in [2.05, 4.69) is 14.8 Å². The first-order chi connectivity index (χ1) is 13.2. The van der Waals surface area contributed by atoms with Gasteiger partial charge in [-0.1, -0.05) is 49.4 Å². The summed E-state index contributed by atoms with van der Waals surface area (Å²) in [5.41, 5.74) is 7.94. The van der Waals surface area contributed by atoms with Gasteiger partial charge in [0.15, 0.2) is 5.82 Å². The van der Waals surface area contributed by atoms with E-state index < -0.39 is 10.0 Å². The predicted molar refractivity (Wildman–Crippen MR) is 107 cm³/mol. The van der Waals surface area contributed by atoms with Crippen molar-refractivity contribution in [2.45, 2.75) is 19.4 Å². The number of anilines is 1. The summed E-state index contributed by atoms with van der Waals surface area (Å²) < 4.78 is 40.7. The lowest BCUT2D eigenvalue weighted by molar-refractivity contribution is 0.564. The summed E-state index contributed by atoms with van der Waals surface area (Å²) in [5, 5.41) is 4.34. The average molecular weight is 403 g/mol. The number of nitrogens with two attached hydrogens (primary N) is 1. The molecule has 148 valence electrons. The van der Waals surface area contributed by atoms with Crippen molar-refractivity contribution in [2.75, 3.05) is 18.5 Å². The fourth-order valence-corrected chi connectivity index (χ4v) is 3.32. The van der Waals surface area contributed by atoms with E-state index in [1.807, 2.05) is 43.3 Å². The molecule has 0 aliphatic carbocycles. The highest BCUT2D eigenvalue weighted by molar-refractivity contribution is 7.88. The third-order valence-corrected chi connectivity index (χ3v) is 5.10. The quantitative estimate of drug-likeness (QED) is 0.630. The predicted octanol–water partition coefficient (Wildman–Crippen LogP) is 2.37. The van der Waals surface area contributed by atoms with Crippen molar-refractivity contribution in [1.82, 2.24) is 19.5 Å². The summed E-state index contributed by atoms with van der Waals surface area (Å²) in [7, 11) is -3.29. The molecule has 3 N–H and O–H groups in total. The van der Waals surface area contributed by atoms with Gasteiger partial charge >= 0.3 is 0 Å². The maximum absolute atomic E-state index is 14.6. The van der Waals surface area contributed by atoms with Gasteiger partial charge in [0, 0.05) is 18.0 Å². The number of nitrogens with one attached hydrogen (secondary N) is 1. The van der Waals surface area contributed by atoms with Crippen LogP contribution in [0.1, 0.15) is 24.2 Å². The molecule has 0 aliphatic rings.